The van der Waals surface area contributed by atoms with Gasteiger partial charge in [-0.05, 0) is 37.1 Å². The zero-order valence-corrected chi connectivity index (χ0v) is 9.73. The summed E-state index contributed by atoms with van der Waals surface area (Å²) in [7, 11) is 0. The zero-order chi connectivity index (χ0) is 10.2. The fraction of sp³-hybridized carbons (Fsp3) is 1.00. The summed E-state index contributed by atoms with van der Waals surface area (Å²) in [5.74, 6) is 0.738. The minimum atomic E-state index is 0.191. The summed E-state index contributed by atoms with van der Waals surface area (Å²) in [6, 6.07) is 0. The summed E-state index contributed by atoms with van der Waals surface area (Å²) in [6.45, 7) is 10.2. The van der Waals surface area contributed by atoms with Crippen molar-refractivity contribution in [2.75, 3.05) is 19.7 Å². The molecule has 0 aromatic rings. The van der Waals surface area contributed by atoms with Crippen molar-refractivity contribution in [1.82, 2.24) is 5.32 Å². The second kappa shape index (κ2) is 3.49. The van der Waals surface area contributed by atoms with Crippen LogP contribution in [0.3, 0.4) is 0 Å². The standard InChI is InChI=1S/C12H23NO/c1-11(2,3)10-7-12(14-8-10)5-4-6-13-9-12/h10,13H,4-9H2,1-3H3. The molecule has 0 bridgehead atoms. The Labute approximate surface area is 87.4 Å². The zero-order valence-electron chi connectivity index (χ0n) is 9.73. The molecule has 14 heavy (non-hydrogen) atoms. The maximum Gasteiger partial charge on any atom is 0.0810 e. The molecule has 2 heteroatoms. The SMILES string of the molecule is CC(C)(C)C1COC2(CCCNC2)C1. The molecule has 1 N–H and O–H groups in total. The Bertz CT molecular complexity index is 201. The highest BCUT2D eigenvalue weighted by Crippen LogP contribution is 2.42. The number of nitrogens with one attached hydrogen (secondary N) is 1. The monoisotopic (exact) mass is 197 g/mol. The highest BCUT2D eigenvalue weighted by Gasteiger charge is 2.44. The first kappa shape index (κ1) is 10.4. The third kappa shape index (κ3) is 1.96. The van der Waals surface area contributed by atoms with Gasteiger partial charge in [0.05, 0.1) is 12.2 Å². The van der Waals surface area contributed by atoms with Gasteiger partial charge in [0, 0.05) is 6.54 Å². The van der Waals surface area contributed by atoms with Gasteiger partial charge in [-0.1, -0.05) is 20.8 Å². The van der Waals surface area contributed by atoms with E-state index < -0.39 is 0 Å². The van der Waals surface area contributed by atoms with Crippen LogP contribution in [0, 0.1) is 11.3 Å². The molecular formula is C12H23NO. The van der Waals surface area contributed by atoms with Gasteiger partial charge in [0.2, 0.25) is 0 Å². The topological polar surface area (TPSA) is 21.3 Å². The maximum absolute atomic E-state index is 6.06. The molecule has 0 saturated carbocycles. The van der Waals surface area contributed by atoms with Crippen molar-refractivity contribution in [2.45, 2.75) is 45.6 Å². The molecule has 0 aromatic carbocycles. The van der Waals surface area contributed by atoms with Gasteiger partial charge in [0.15, 0.2) is 0 Å². The van der Waals surface area contributed by atoms with Crippen LogP contribution in [-0.4, -0.2) is 25.3 Å². The Hall–Kier alpha value is -0.0800. The Kier molecular flexibility index (Phi) is 2.61. The first-order valence-corrected chi connectivity index (χ1v) is 5.87. The van der Waals surface area contributed by atoms with E-state index in [1.54, 1.807) is 0 Å². The normalized spacial score (nSPS) is 39.2. The van der Waals surface area contributed by atoms with Crippen LogP contribution in [0.15, 0.2) is 0 Å². The lowest BCUT2D eigenvalue weighted by atomic mass is 9.75. The number of ether oxygens (including phenoxy) is 1. The van der Waals surface area contributed by atoms with Crippen LogP contribution >= 0.6 is 0 Å². The quantitative estimate of drug-likeness (QED) is 0.643. The van der Waals surface area contributed by atoms with E-state index in [0.717, 1.165) is 19.1 Å². The van der Waals surface area contributed by atoms with Crippen molar-refractivity contribution in [2.24, 2.45) is 11.3 Å². The van der Waals surface area contributed by atoms with Crippen molar-refractivity contribution in [3.05, 3.63) is 0 Å². The van der Waals surface area contributed by atoms with E-state index in [1.165, 1.54) is 25.8 Å². The molecule has 2 aliphatic heterocycles. The molecule has 2 aliphatic rings. The second-order valence-electron chi connectivity index (χ2n) is 6.04. The molecule has 2 heterocycles. The molecule has 2 nitrogen and oxygen atoms in total. The van der Waals surface area contributed by atoms with Crippen molar-refractivity contribution in [3.63, 3.8) is 0 Å². The molecule has 2 rings (SSSR count). The Morgan fingerprint density at radius 1 is 1.36 bits per heavy atom. The largest absolute Gasteiger partial charge is 0.373 e. The van der Waals surface area contributed by atoms with Crippen LogP contribution in [0.4, 0.5) is 0 Å². The highest BCUT2D eigenvalue weighted by molar-refractivity contribution is 4.96. The van der Waals surface area contributed by atoms with E-state index in [9.17, 15) is 0 Å². The molecule has 1 spiro atoms. The summed E-state index contributed by atoms with van der Waals surface area (Å²) < 4.78 is 6.06. The number of piperidine rings is 1. The van der Waals surface area contributed by atoms with Gasteiger partial charge in [-0.3, -0.25) is 0 Å². The minimum Gasteiger partial charge on any atom is -0.373 e. The maximum atomic E-state index is 6.06. The number of rotatable bonds is 0. The average molecular weight is 197 g/mol. The van der Waals surface area contributed by atoms with E-state index in [2.05, 4.69) is 26.1 Å². The molecule has 2 saturated heterocycles. The smallest absolute Gasteiger partial charge is 0.0810 e. The number of hydrogen-bond acceptors (Lipinski definition) is 2. The summed E-state index contributed by atoms with van der Waals surface area (Å²) in [5, 5.41) is 3.46. The molecular weight excluding hydrogens is 174 g/mol. The van der Waals surface area contributed by atoms with Crippen molar-refractivity contribution in [1.29, 1.82) is 0 Å². The lowest BCUT2D eigenvalue weighted by Gasteiger charge is -2.34. The van der Waals surface area contributed by atoms with Crippen LogP contribution in [0.5, 0.6) is 0 Å². The van der Waals surface area contributed by atoms with Gasteiger partial charge >= 0.3 is 0 Å². The predicted octanol–water partition coefficient (Wildman–Crippen LogP) is 2.19. The predicted molar refractivity (Wildman–Crippen MR) is 58.3 cm³/mol. The Balaban J connectivity index is 1.99. The van der Waals surface area contributed by atoms with E-state index >= 15 is 0 Å². The lowest BCUT2D eigenvalue weighted by Crippen LogP contribution is -2.45. The van der Waals surface area contributed by atoms with Crippen molar-refractivity contribution >= 4 is 0 Å². The third-order valence-corrected chi connectivity index (χ3v) is 3.87. The minimum absolute atomic E-state index is 0.191. The first-order valence-electron chi connectivity index (χ1n) is 5.87. The summed E-state index contributed by atoms with van der Waals surface area (Å²) >= 11 is 0. The van der Waals surface area contributed by atoms with Gasteiger partial charge in [-0.15, -0.1) is 0 Å². The van der Waals surface area contributed by atoms with E-state index in [1.807, 2.05) is 0 Å². The van der Waals surface area contributed by atoms with E-state index in [-0.39, 0.29) is 5.60 Å². The molecule has 2 atom stereocenters. The Morgan fingerprint density at radius 2 is 2.14 bits per heavy atom. The van der Waals surface area contributed by atoms with Crippen molar-refractivity contribution < 1.29 is 4.74 Å². The van der Waals surface area contributed by atoms with Crippen molar-refractivity contribution in [3.8, 4) is 0 Å². The van der Waals surface area contributed by atoms with Gasteiger partial charge in [-0.25, -0.2) is 0 Å². The van der Waals surface area contributed by atoms with Gasteiger partial charge in [-0.2, -0.15) is 0 Å². The molecule has 0 amide bonds. The molecule has 2 fully saturated rings. The number of hydrogen-bond donors (Lipinski definition) is 1. The lowest BCUT2D eigenvalue weighted by molar-refractivity contribution is -0.0152. The van der Waals surface area contributed by atoms with Gasteiger partial charge in [0.1, 0.15) is 0 Å². The van der Waals surface area contributed by atoms with Crippen LogP contribution in [0.2, 0.25) is 0 Å². The Morgan fingerprint density at radius 3 is 2.64 bits per heavy atom. The molecule has 2 unspecified atom stereocenters. The first-order chi connectivity index (χ1) is 6.52. The van der Waals surface area contributed by atoms with Gasteiger partial charge in [0.25, 0.3) is 0 Å². The molecule has 0 radical (unpaired) electrons. The fourth-order valence-electron chi connectivity index (χ4n) is 2.64. The van der Waals surface area contributed by atoms with E-state index in [4.69, 9.17) is 4.74 Å². The molecule has 0 aliphatic carbocycles. The van der Waals surface area contributed by atoms with Crippen LogP contribution in [0.1, 0.15) is 40.0 Å². The summed E-state index contributed by atoms with van der Waals surface area (Å²) in [6.07, 6.45) is 3.78. The fourth-order valence-corrected chi connectivity index (χ4v) is 2.64. The highest BCUT2D eigenvalue weighted by atomic mass is 16.5. The van der Waals surface area contributed by atoms with Crippen LogP contribution < -0.4 is 5.32 Å². The summed E-state index contributed by atoms with van der Waals surface area (Å²) in [4.78, 5) is 0. The third-order valence-electron chi connectivity index (χ3n) is 3.87. The summed E-state index contributed by atoms with van der Waals surface area (Å²) in [5.41, 5.74) is 0.594. The molecule has 0 aromatic heterocycles. The average Bonchev–Trinajstić information content (AvgIpc) is 2.50. The van der Waals surface area contributed by atoms with Crippen LogP contribution in [-0.2, 0) is 4.74 Å². The second-order valence-corrected chi connectivity index (χ2v) is 6.04. The van der Waals surface area contributed by atoms with Gasteiger partial charge < -0.3 is 10.1 Å². The molecule has 82 valence electrons. The van der Waals surface area contributed by atoms with E-state index in [0.29, 0.717) is 5.41 Å². The van der Waals surface area contributed by atoms with Crippen LogP contribution in [0.25, 0.3) is 0 Å².